The first kappa shape index (κ1) is 13.2. The molecule has 2 rings (SSSR count). The van der Waals surface area contributed by atoms with E-state index in [9.17, 15) is 14.4 Å². The van der Waals surface area contributed by atoms with Crippen molar-refractivity contribution >= 4 is 29.5 Å². The van der Waals surface area contributed by atoms with Crippen molar-refractivity contribution in [3.63, 3.8) is 0 Å². The van der Waals surface area contributed by atoms with Crippen molar-refractivity contribution < 1.29 is 19.5 Å². The van der Waals surface area contributed by atoms with E-state index >= 15 is 0 Å². The van der Waals surface area contributed by atoms with Gasteiger partial charge in [-0.3, -0.25) is 14.4 Å². The number of thioether (sulfide) groups is 1. The number of carbonyl (C=O) groups is 3. The van der Waals surface area contributed by atoms with Gasteiger partial charge in [0.05, 0.1) is 17.5 Å². The first-order valence-electron chi connectivity index (χ1n) is 5.94. The van der Waals surface area contributed by atoms with Crippen LogP contribution in [0.2, 0.25) is 0 Å². The molecule has 1 heterocycles. The molecule has 0 bridgehead atoms. The van der Waals surface area contributed by atoms with Crippen molar-refractivity contribution in [1.29, 1.82) is 0 Å². The summed E-state index contributed by atoms with van der Waals surface area (Å²) in [6.45, 7) is 0.0834. The van der Waals surface area contributed by atoms with Crippen molar-refractivity contribution in [3.05, 3.63) is 0 Å². The van der Waals surface area contributed by atoms with Gasteiger partial charge in [-0.05, 0) is 19.3 Å². The highest BCUT2D eigenvalue weighted by atomic mass is 32.2. The van der Waals surface area contributed by atoms with Gasteiger partial charge in [0.1, 0.15) is 6.54 Å². The second-order valence-corrected chi connectivity index (χ2v) is 5.64. The van der Waals surface area contributed by atoms with Gasteiger partial charge in [0.15, 0.2) is 0 Å². The minimum absolute atomic E-state index is 0.00927. The molecule has 2 unspecified atom stereocenters. The Morgan fingerprint density at radius 3 is 2.78 bits per heavy atom. The minimum Gasteiger partial charge on any atom is -0.481 e. The molecule has 2 atom stereocenters. The van der Waals surface area contributed by atoms with E-state index in [1.165, 1.54) is 16.7 Å². The molecule has 0 aromatic heterocycles. The van der Waals surface area contributed by atoms with Crippen molar-refractivity contribution in [3.8, 4) is 0 Å². The Labute approximate surface area is 109 Å². The molecule has 100 valence electrons. The van der Waals surface area contributed by atoms with Gasteiger partial charge >= 0.3 is 5.97 Å². The van der Waals surface area contributed by atoms with Gasteiger partial charge in [0.2, 0.25) is 11.8 Å². The Kier molecular flexibility index (Phi) is 4.11. The standard InChI is InChI=1S/C11H16N2O4S/c14-9(4-13-6-18-5-10(13)15)12-8-2-1-7(3-8)11(16)17/h7-8H,1-6H2,(H,12,14)(H,16,17). The lowest BCUT2D eigenvalue weighted by Crippen LogP contribution is -2.42. The first-order chi connectivity index (χ1) is 8.56. The van der Waals surface area contributed by atoms with Crippen LogP contribution in [0.4, 0.5) is 0 Å². The van der Waals surface area contributed by atoms with E-state index in [1.54, 1.807) is 0 Å². The fourth-order valence-electron chi connectivity index (χ4n) is 2.32. The first-order valence-corrected chi connectivity index (χ1v) is 7.09. The second-order valence-electron chi connectivity index (χ2n) is 4.68. The summed E-state index contributed by atoms with van der Waals surface area (Å²) in [6.07, 6.45) is 1.80. The summed E-state index contributed by atoms with van der Waals surface area (Å²) in [6, 6.07) is -0.0658. The van der Waals surface area contributed by atoms with Crippen LogP contribution in [0.3, 0.4) is 0 Å². The second kappa shape index (κ2) is 5.60. The molecule has 0 aromatic rings. The third kappa shape index (κ3) is 3.16. The lowest BCUT2D eigenvalue weighted by molar-refractivity contribution is -0.141. The Balaban J connectivity index is 1.75. The SMILES string of the molecule is O=C(CN1CSCC1=O)NC1CCC(C(=O)O)C1. The van der Waals surface area contributed by atoms with E-state index in [0.717, 1.165) is 0 Å². The molecular weight excluding hydrogens is 256 g/mol. The fourth-order valence-corrected chi connectivity index (χ4v) is 3.23. The Bertz CT molecular complexity index is 374. The molecule has 0 spiro atoms. The van der Waals surface area contributed by atoms with E-state index in [2.05, 4.69) is 5.32 Å². The summed E-state index contributed by atoms with van der Waals surface area (Å²) >= 11 is 1.50. The number of hydrogen-bond donors (Lipinski definition) is 2. The highest BCUT2D eigenvalue weighted by Gasteiger charge is 2.31. The summed E-state index contributed by atoms with van der Waals surface area (Å²) in [4.78, 5) is 35.4. The number of rotatable bonds is 4. The van der Waals surface area contributed by atoms with Crippen LogP contribution >= 0.6 is 11.8 Å². The third-order valence-corrected chi connectivity index (χ3v) is 4.25. The quantitative estimate of drug-likeness (QED) is 0.745. The predicted octanol–water partition coefficient (Wildman–Crippen LogP) is -0.111. The Hall–Kier alpha value is -1.24. The monoisotopic (exact) mass is 272 g/mol. The lowest BCUT2D eigenvalue weighted by Gasteiger charge is -2.17. The molecule has 1 saturated heterocycles. The molecule has 2 aliphatic rings. The molecule has 2 N–H and O–H groups in total. The van der Waals surface area contributed by atoms with Crippen LogP contribution in [0.15, 0.2) is 0 Å². The molecule has 2 fully saturated rings. The molecular formula is C11H16N2O4S. The number of carboxylic acids is 1. The van der Waals surface area contributed by atoms with Crippen LogP contribution in [0.25, 0.3) is 0 Å². The summed E-state index contributed by atoms with van der Waals surface area (Å²) in [7, 11) is 0. The number of carboxylic acid groups (broad SMARTS) is 1. The van der Waals surface area contributed by atoms with Crippen LogP contribution < -0.4 is 5.32 Å². The number of aliphatic carboxylic acids is 1. The van der Waals surface area contributed by atoms with Crippen LogP contribution in [0.5, 0.6) is 0 Å². The summed E-state index contributed by atoms with van der Waals surface area (Å²) in [5.74, 6) is -0.337. The highest BCUT2D eigenvalue weighted by Crippen LogP contribution is 2.25. The zero-order valence-electron chi connectivity index (χ0n) is 9.92. The Morgan fingerprint density at radius 1 is 1.44 bits per heavy atom. The lowest BCUT2D eigenvalue weighted by atomic mass is 10.1. The van der Waals surface area contributed by atoms with Crippen LogP contribution in [0, 0.1) is 5.92 Å². The van der Waals surface area contributed by atoms with Gasteiger partial charge in [0, 0.05) is 6.04 Å². The highest BCUT2D eigenvalue weighted by molar-refractivity contribution is 8.00. The van der Waals surface area contributed by atoms with Crippen molar-refractivity contribution in [2.45, 2.75) is 25.3 Å². The summed E-state index contributed by atoms with van der Waals surface area (Å²) < 4.78 is 0. The number of amides is 2. The maximum absolute atomic E-state index is 11.7. The topological polar surface area (TPSA) is 86.7 Å². The van der Waals surface area contributed by atoms with Gasteiger partial charge in [-0.15, -0.1) is 11.8 Å². The van der Waals surface area contributed by atoms with Gasteiger partial charge < -0.3 is 15.3 Å². The molecule has 2 amide bonds. The molecule has 0 aromatic carbocycles. The molecule has 18 heavy (non-hydrogen) atoms. The van der Waals surface area contributed by atoms with Crippen LogP contribution in [0.1, 0.15) is 19.3 Å². The molecule has 0 radical (unpaired) electrons. The summed E-state index contributed by atoms with van der Waals surface area (Å²) in [5, 5.41) is 11.7. The third-order valence-electron chi connectivity index (χ3n) is 3.31. The molecule has 6 nitrogen and oxygen atoms in total. The van der Waals surface area contributed by atoms with Crippen molar-refractivity contribution in [2.75, 3.05) is 18.2 Å². The molecule has 1 saturated carbocycles. The maximum Gasteiger partial charge on any atom is 0.306 e. The molecule has 7 heteroatoms. The van der Waals surface area contributed by atoms with Gasteiger partial charge in [-0.2, -0.15) is 0 Å². The zero-order chi connectivity index (χ0) is 13.1. The van der Waals surface area contributed by atoms with E-state index in [4.69, 9.17) is 5.11 Å². The number of hydrogen-bond acceptors (Lipinski definition) is 4. The van der Waals surface area contributed by atoms with Gasteiger partial charge in [-0.1, -0.05) is 0 Å². The van der Waals surface area contributed by atoms with Gasteiger partial charge in [0.25, 0.3) is 0 Å². The fraction of sp³-hybridized carbons (Fsp3) is 0.727. The van der Waals surface area contributed by atoms with Gasteiger partial charge in [-0.25, -0.2) is 0 Å². The molecule has 1 aliphatic heterocycles. The number of carbonyl (C=O) groups excluding carboxylic acids is 2. The van der Waals surface area contributed by atoms with E-state index in [0.29, 0.717) is 30.9 Å². The average Bonchev–Trinajstić information content (AvgIpc) is 2.89. The Morgan fingerprint density at radius 2 is 2.22 bits per heavy atom. The van der Waals surface area contributed by atoms with E-state index < -0.39 is 5.97 Å². The van der Waals surface area contributed by atoms with E-state index in [1.807, 2.05) is 0 Å². The number of nitrogens with zero attached hydrogens (tertiary/aromatic N) is 1. The normalized spacial score (nSPS) is 27.6. The predicted molar refractivity (Wildman–Crippen MR) is 65.9 cm³/mol. The van der Waals surface area contributed by atoms with E-state index in [-0.39, 0.29) is 30.3 Å². The maximum atomic E-state index is 11.7. The van der Waals surface area contributed by atoms with Crippen molar-refractivity contribution in [1.82, 2.24) is 10.2 Å². The van der Waals surface area contributed by atoms with Crippen LogP contribution in [-0.2, 0) is 14.4 Å². The number of nitrogens with one attached hydrogen (secondary N) is 1. The largest absolute Gasteiger partial charge is 0.481 e. The zero-order valence-corrected chi connectivity index (χ0v) is 10.7. The van der Waals surface area contributed by atoms with Crippen molar-refractivity contribution in [2.24, 2.45) is 5.92 Å². The smallest absolute Gasteiger partial charge is 0.306 e. The molecule has 1 aliphatic carbocycles. The minimum atomic E-state index is -0.794. The van der Waals surface area contributed by atoms with Crippen LogP contribution in [-0.4, -0.2) is 52.0 Å². The average molecular weight is 272 g/mol. The summed E-state index contributed by atoms with van der Waals surface area (Å²) in [5.41, 5.74) is 0.